The molecule has 0 amide bonds. The fraction of sp³-hybridized carbons (Fsp3) is 0.636. The van der Waals surface area contributed by atoms with Gasteiger partial charge in [-0.25, -0.2) is 0 Å². The second kappa shape index (κ2) is 2.00. The minimum absolute atomic E-state index is 0.937. The summed E-state index contributed by atoms with van der Waals surface area (Å²) < 4.78 is 0. The van der Waals surface area contributed by atoms with Crippen molar-refractivity contribution < 1.29 is 0 Å². The van der Waals surface area contributed by atoms with Crippen LogP contribution in [0.1, 0.15) is 25.7 Å². The Morgan fingerprint density at radius 3 is 2.55 bits per heavy atom. The summed E-state index contributed by atoms with van der Waals surface area (Å²) in [7, 11) is 0. The molecule has 1 saturated carbocycles. The Hall–Kier alpha value is -0.520. The predicted molar refractivity (Wildman–Crippen MR) is 46.2 cm³/mol. The van der Waals surface area contributed by atoms with Gasteiger partial charge in [-0.15, -0.1) is 0 Å². The van der Waals surface area contributed by atoms with Crippen molar-refractivity contribution >= 4 is 0 Å². The normalized spacial score (nSPS) is 45.8. The Kier molecular flexibility index (Phi) is 1.10. The SMILES string of the molecule is C1=CC2CC1CC2C1=CCC1. The summed E-state index contributed by atoms with van der Waals surface area (Å²) >= 11 is 0. The highest BCUT2D eigenvalue weighted by Crippen LogP contribution is 2.49. The van der Waals surface area contributed by atoms with Crippen molar-refractivity contribution in [1.82, 2.24) is 0 Å². The van der Waals surface area contributed by atoms with Crippen molar-refractivity contribution in [2.45, 2.75) is 25.7 Å². The van der Waals surface area contributed by atoms with E-state index < -0.39 is 0 Å². The van der Waals surface area contributed by atoms with Crippen LogP contribution in [0.2, 0.25) is 0 Å². The first-order chi connectivity index (χ1) is 5.43. The molecule has 1 fully saturated rings. The summed E-state index contributed by atoms with van der Waals surface area (Å²) in [5.41, 5.74) is 1.78. The Labute approximate surface area is 68.0 Å². The maximum absolute atomic E-state index is 2.46. The van der Waals surface area contributed by atoms with Crippen molar-refractivity contribution in [3.8, 4) is 0 Å². The fourth-order valence-electron chi connectivity index (χ4n) is 2.85. The standard InChI is InChI=1S/C11H14/c1-2-9(3-1)11-7-8-4-5-10(11)6-8/h2,4-5,8,10-11H,1,3,6-7H2. The zero-order valence-electron chi connectivity index (χ0n) is 6.79. The van der Waals surface area contributed by atoms with Crippen LogP contribution in [0.25, 0.3) is 0 Å². The van der Waals surface area contributed by atoms with E-state index in [2.05, 4.69) is 18.2 Å². The molecule has 0 heteroatoms. The predicted octanol–water partition coefficient (Wildman–Crippen LogP) is 2.92. The maximum atomic E-state index is 2.46. The molecule has 3 aliphatic carbocycles. The van der Waals surface area contributed by atoms with Crippen LogP contribution in [0.4, 0.5) is 0 Å². The molecule has 0 aliphatic heterocycles. The third-order valence-electron chi connectivity index (χ3n) is 3.59. The third kappa shape index (κ3) is 0.756. The van der Waals surface area contributed by atoms with Gasteiger partial charge in [0.2, 0.25) is 0 Å². The molecule has 0 spiro atoms. The van der Waals surface area contributed by atoms with Crippen LogP contribution in [0.3, 0.4) is 0 Å². The lowest BCUT2D eigenvalue weighted by Crippen LogP contribution is -2.13. The van der Waals surface area contributed by atoms with Crippen LogP contribution >= 0.6 is 0 Å². The summed E-state index contributed by atoms with van der Waals surface area (Å²) in [6, 6.07) is 0. The molecule has 0 saturated heterocycles. The molecule has 3 rings (SSSR count). The van der Waals surface area contributed by atoms with Gasteiger partial charge in [-0.05, 0) is 43.4 Å². The number of rotatable bonds is 1. The number of allylic oxidation sites excluding steroid dienone is 4. The molecule has 0 nitrogen and oxygen atoms in total. The number of hydrogen-bond donors (Lipinski definition) is 0. The largest absolute Gasteiger partial charge is 0.0851 e. The fourth-order valence-corrected chi connectivity index (χ4v) is 2.85. The van der Waals surface area contributed by atoms with Crippen molar-refractivity contribution in [1.29, 1.82) is 0 Å². The molecule has 11 heavy (non-hydrogen) atoms. The topological polar surface area (TPSA) is 0 Å². The second-order valence-corrected chi connectivity index (χ2v) is 4.20. The Balaban J connectivity index is 1.86. The van der Waals surface area contributed by atoms with Gasteiger partial charge in [-0.2, -0.15) is 0 Å². The van der Waals surface area contributed by atoms with E-state index in [4.69, 9.17) is 0 Å². The average Bonchev–Trinajstić information content (AvgIpc) is 2.42. The van der Waals surface area contributed by atoms with E-state index in [9.17, 15) is 0 Å². The van der Waals surface area contributed by atoms with Gasteiger partial charge in [0, 0.05) is 0 Å². The molecule has 0 heterocycles. The first-order valence-corrected chi connectivity index (χ1v) is 4.81. The van der Waals surface area contributed by atoms with Crippen LogP contribution in [-0.4, -0.2) is 0 Å². The summed E-state index contributed by atoms with van der Waals surface area (Å²) in [6.07, 6.45) is 13.0. The molecule has 0 N–H and O–H groups in total. The first kappa shape index (κ1) is 6.05. The van der Waals surface area contributed by atoms with Gasteiger partial charge < -0.3 is 0 Å². The van der Waals surface area contributed by atoms with E-state index >= 15 is 0 Å². The minimum Gasteiger partial charge on any atom is -0.0851 e. The molecule has 0 radical (unpaired) electrons. The summed E-state index contributed by atoms with van der Waals surface area (Å²) in [4.78, 5) is 0. The van der Waals surface area contributed by atoms with Gasteiger partial charge in [0.1, 0.15) is 0 Å². The van der Waals surface area contributed by atoms with E-state index in [1.807, 2.05) is 0 Å². The quantitative estimate of drug-likeness (QED) is 0.499. The summed E-state index contributed by atoms with van der Waals surface area (Å²) in [5, 5.41) is 0. The van der Waals surface area contributed by atoms with E-state index in [0.29, 0.717) is 0 Å². The Bertz CT molecular complexity index is 234. The van der Waals surface area contributed by atoms with Crippen molar-refractivity contribution in [3.05, 3.63) is 23.8 Å². The zero-order chi connectivity index (χ0) is 7.26. The maximum Gasteiger partial charge on any atom is -0.0134 e. The second-order valence-electron chi connectivity index (χ2n) is 4.20. The number of fused-ring (bicyclic) bond motifs is 2. The monoisotopic (exact) mass is 146 g/mol. The van der Waals surface area contributed by atoms with Gasteiger partial charge in [-0.1, -0.05) is 23.8 Å². The summed E-state index contributed by atoms with van der Waals surface area (Å²) in [5.74, 6) is 2.86. The lowest BCUT2D eigenvalue weighted by atomic mass is 9.79. The van der Waals surface area contributed by atoms with Crippen molar-refractivity contribution in [3.63, 3.8) is 0 Å². The molecule has 2 bridgehead atoms. The van der Waals surface area contributed by atoms with E-state index in [1.165, 1.54) is 25.7 Å². The minimum atomic E-state index is 0.937. The van der Waals surface area contributed by atoms with E-state index in [-0.39, 0.29) is 0 Å². The van der Waals surface area contributed by atoms with Gasteiger partial charge in [0.05, 0.1) is 0 Å². The van der Waals surface area contributed by atoms with Crippen LogP contribution in [0, 0.1) is 17.8 Å². The third-order valence-corrected chi connectivity index (χ3v) is 3.59. The molecule has 0 aromatic heterocycles. The highest BCUT2D eigenvalue weighted by Gasteiger charge is 2.37. The molecule has 0 aromatic rings. The molecule has 58 valence electrons. The van der Waals surface area contributed by atoms with Gasteiger partial charge in [0.25, 0.3) is 0 Å². The highest BCUT2D eigenvalue weighted by atomic mass is 14.4. The Morgan fingerprint density at radius 2 is 2.09 bits per heavy atom. The van der Waals surface area contributed by atoms with Gasteiger partial charge in [-0.3, -0.25) is 0 Å². The van der Waals surface area contributed by atoms with Crippen LogP contribution < -0.4 is 0 Å². The summed E-state index contributed by atoms with van der Waals surface area (Å²) in [6.45, 7) is 0. The molecule has 0 aromatic carbocycles. The molecule has 3 unspecified atom stereocenters. The average molecular weight is 146 g/mol. The Morgan fingerprint density at radius 1 is 1.18 bits per heavy atom. The molecular formula is C11H14. The van der Waals surface area contributed by atoms with Crippen LogP contribution in [0.15, 0.2) is 23.8 Å². The molecule has 3 aliphatic rings. The van der Waals surface area contributed by atoms with Gasteiger partial charge in [0.15, 0.2) is 0 Å². The molecular weight excluding hydrogens is 132 g/mol. The van der Waals surface area contributed by atoms with Crippen molar-refractivity contribution in [2.24, 2.45) is 17.8 Å². The van der Waals surface area contributed by atoms with Gasteiger partial charge >= 0.3 is 0 Å². The van der Waals surface area contributed by atoms with E-state index in [0.717, 1.165) is 17.8 Å². The van der Waals surface area contributed by atoms with Crippen molar-refractivity contribution in [2.75, 3.05) is 0 Å². The van der Waals surface area contributed by atoms with E-state index in [1.54, 1.807) is 5.57 Å². The number of hydrogen-bond acceptors (Lipinski definition) is 0. The lowest BCUT2D eigenvalue weighted by molar-refractivity contribution is 0.484. The van der Waals surface area contributed by atoms with Crippen LogP contribution in [0.5, 0.6) is 0 Å². The van der Waals surface area contributed by atoms with Crippen LogP contribution in [-0.2, 0) is 0 Å². The smallest absolute Gasteiger partial charge is 0.0134 e. The molecule has 3 atom stereocenters. The zero-order valence-corrected chi connectivity index (χ0v) is 6.79. The highest BCUT2D eigenvalue weighted by molar-refractivity contribution is 5.24. The lowest BCUT2D eigenvalue weighted by Gasteiger charge is -2.26. The first-order valence-electron chi connectivity index (χ1n) is 4.81.